The summed E-state index contributed by atoms with van der Waals surface area (Å²) in [4.78, 5) is 0. The minimum absolute atomic E-state index is 0.539. The summed E-state index contributed by atoms with van der Waals surface area (Å²) < 4.78 is 9.64. The van der Waals surface area contributed by atoms with Crippen molar-refractivity contribution in [2.75, 3.05) is 5.09 Å². The summed E-state index contributed by atoms with van der Waals surface area (Å²) in [5.74, 6) is 0. The fraction of sp³-hybridized carbons (Fsp3) is 0.143. The molecule has 1 N–H and O–H groups in total. The van der Waals surface area contributed by atoms with E-state index in [1.165, 1.54) is 0 Å². The molecule has 0 radical (unpaired) electrons. The van der Waals surface area contributed by atoms with E-state index in [9.17, 15) is 4.57 Å². The van der Waals surface area contributed by atoms with Crippen LogP contribution in [0.1, 0.15) is 0 Å². The molecule has 0 aliphatic heterocycles. The smallest absolute Gasteiger partial charge is 0.305 e. The standard InChI is InChI=1S/C7H6Cl4NOP/c8-7(9,10)14(11,13)12-6-4-2-1-3-5-6/h1-5H,(H,12,13)/t14-/m1/s1. The van der Waals surface area contributed by atoms with Crippen LogP contribution in [0.2, 0.25) is 0 Å². The third-order valence-electron chi connectivity index (χ3n) is 1.37. The van der Waals surface area contributed by atoms with Gasteiger partial charge in [0.25, 0.3) is 3.53 Å². The minimum Gasteiger partial charge on any atom is -0.321 e. The van der Waals surface area contributed by atoms with E-state index in [1.54, 1.807) is 30.3 Å². The van der Waals surface area contributed by atoms with Gasteiger partial charge in [0.05, 0.1) is 0 Å². The van der Waals surface area contributed by atoms with Crippen molar-refractivity contribution in [1.82, 2.24) is 0 Å². The van der Waals surface area contributed by atoms with Crippen LogP contribution < -0.4 is 5.09 Å². The molecule has 1 atom stereocenters. The van der Waals surface area contributed by atoms with Gasteiger partial charge in [-0.15, -0.1) is 0 Å². The van der Waals surface area contributed by atoms with Gasteiger partial charge in [-0.2, -0.15) is 0 Å². The highest BCUT2D eigenvalue weighted by Crippen LogP contribution is 2.68. The van der Waals surface area contributed by atoms with E-state index in [1.807, 2.05) is 0 Å². The van der Waals surface area contributed by atoms with Crippen molar-refractivity contribution in [3.05, 3.63) is 30.3 Å². The number of halogens is 4. The molecule has 0 aliphatic carbocycles. The first-order chi connectivity index (χ1) is 6.33. The molecule has 78 valence electrons. The second-order valence-corrected chi connectivity index (χ2v) is 8.94. The number of hydrogen-bond donors (Lipinski definition) is 1. The van der Waals surface area contributed by atoms with Crippen LogP contribution in [0.5, 0.6) is 0 Å². The van der Waals surface area contributed by atoms with Crippen molar-refractivity contribution in [1.29, 1.82) is 0 Å². The lowest BCUT2D eigenvalue weighted by atomic mass is 10.3. The Balaban J connectivity index is 2.85. The molecular weight excluding hydrogens is 287 g/mol. The SMILES string of the molecule is O=[P@](Cl)(Nc1ccccc1)C(Cl)(Cl)Cl. The number of nitrogens with one attached hydrogen (secondary N) is 1. The van der Waals surface area contributed by atoms with Crippen LogP contribution in [-0.2, 0) is 4.57 Å². The third kappa shape index (κ3) is 3.22. The van der Waals surface area contributed by atoms with Crippen LogP contribution in [0.3, 0.4) is 0 Å². The summed E-state index contributed by atoms with van der Waals surface area (Å²) >= 11 is 21.9. The summed E-state index contributed by atoms with van der Waals surface area (Å²) in [6, 6.07) is 8.64. The third-order valence-corrected chi connectivity index (χ3v) is 6.51. The summed E-state index contributed by atoms with van der Waals surface area (Å²) in [5, 5.41) is 2.48. The van der Waals surface area contributed by atoms with Crippen molar-refractivity contribution in [2.24, 2.45) is 0 Å². The Bertz CT molecular complexity index is 350. The number of rotatable bonds is 2. The Morgan fingerprint density at radius 2 is 1.64 bits per heavy atom. The molecule has 0 aromatic heterocycles. The van der Waals surface area contributed by atoms with E-state index < -0.39 is 10.2 Å². The molecule has 0 bridgehead atoms. The van der Waals surface area contributed by atoms with Gasteiger partial charge in [0.2, 0.25) is 0 Å². The van der Waals surface area contributed by atoms with Gasteiger partial charge in [0.15, 0.2) is 0 Å². The summed E-state index contributed by atoms with van der Waals surface area (Å²) in [5.41, 5.74) is 0.539. The normalized spacial score (nSPS) is 16.0. The van der Waals surface area contributed by atoms with Crippen molar-refractivity contribution in [3.63, 3.8) is 0 Å². The van der Waals surface area contributed by atoms with Crippen molar-refractivity contribution < 1.29 is 4.57 Å². The highest BCUT2D eigenvalue weighted by atomic mass is 35.7. The van der Waals surface area contributed by atoms with Crippen molar-refractivity contribution >= 4 is 58.4 Å². The lowest BCUT2D eigenvalue weighted by molar-refractivity contribution is 0.587. The molecule has 1 aromatic rings. The second kappa shape index (κ2) is 4.51. The van der Waals surface area contributed by atoms with Crippen molar-refractivity contribution in [2.45, 2.75) is 3.53 Å². The molecule has 0 spiro atoms. The van der Waals surface area contributed by atoms with Gasteiger partial charge < -0.3 is 5.09 Å². The van der Waals surface area contributed by atoms with Gasteiger partial charge in [0.1, 0.15) is 0 Å². The zero-order chi connectivity index (χ0) is 10.8. The summed E-state index contributed by atoms with van der Waals surface area (Å²) in [7, 11) is 0. The zero-order valence-corrected chi connectivity index (χ0v) is 10.7. The zero-order valence-electron chi connectivity index (χ0n) is 6.75. The molecule has 0 fully saturated rings. The summed E-state index contributed by atoms with van der Waals surface area (Å²) in [6.07, 6.45) is 0. The van der Waals surface area contributed by atoms with Gasteiger partial charge in [-0.25, -0.2) is 0 Å². The van der Waals surface area contributed by atoms with Gasteiger partial charge in [0, 0.05) is 5.69 Å². The first-order valence-corrected chi connectivity index (χ1v) is 7.27. The average molecular weight is 293 g/mol. The predicted molar refractivity (Wildman–Crippen MR) is 63.8 cm³/mol. The van der Waals surface area contributed by atoms with Crippen LogP contribution in [0.4, 0.5) is 5.69 Å². The molecule has 7 heteroatoms. The quantitative estimate of drug-likeness (QED) is 0.623. The molecule has 0 unspecified atom stereocenters. The number of alkyl halides is 3. The van der Waals surface area contributed by atoms with E-state index in [0.717, 1.165) is 0 Å². The van der Waals surface area contributed by atoms with Gasteiger partial charge in [-0.05, 0) is 23.4 Å². The summed E-state index contributed by atoms with van der Waals surface area (Å²) in [6.45, 7) is -3.58. The number of para-hydroxylation sites is 1. The maximum atomic E-state index is 11.7. The monoisotopic (exact) mass is 291 g/mol. The molecular formula is C7H6Cl4NOP. The average Bonchev–Trinajstić information content (AvgIpc) is 2.03. The largest absolute Gasteiger partial charge is 0.321 e. The van der Waals surface area contributed by atoms with Crippen LogP contribution >= 0.6 is 52.7 Å². The van der Waals surface area contributed by atoms with Crippen molar-refractivity contribution in [3.8, 4) is 0 Å². The Hall–Kier alpha value is 0.410. The molecule has 1 aromatic carbocycles. The predicted octanol–water partition coefficient (Wildman–Crippen LogP) is 4.86. The topological polar surface area (TPSA) is 29.1 Å². The molecule has 2 nitrogen and oxygen atoms in total. The maximum absolute atomic E-state index is 11.7. The maximum Gasteiger partial charge on any atom is 0.305 e. The van der Waals surface area contributed by atoms with Crippen LogP contribution in [0.15, 0.2) is 30.3 Å². The van der Waals surface area contributed by atoms with E-state index in [4.69, 9.17) is 46.0 Å². The van der Waals surface area contributed by atoms with E-state index in [-0.39, 0.29) is 0 Å². The number of benzene rings is 1. The lowest BCUT2D eigenvalue weighted by Crippen LogP contribution is -2.06. The second-order valence-electron chi connectivity index (χ2n) is 2.48. The fourth-order valence-corrected chi connectivity index (χ4v) is 2.02. The van der Waals surface area contributed by atoms with Gasteiger partial charge >= 0.3 is 6.65 Å². The van der Waals surface area contributed by atoms with Crippen LogP contribution in [-0.4, -0.2) is 3.53 Å². The fourth-order valence-electron chi connectivity index (χ4n) is 0.742. The highest BCUT2D eigenvalue weighted by Gasteiger charge is 2.42. The first-order valence-electron chi connectivity index (χ1n) is 3.53. The molecule has 0 saturated heterocycles. The minimum atomic E-state index is -3.58. The lowest BCUT2D eigenvalue weighted by Gasteiger charge is -2.20. The number of hydrogen-bond acceptors (Lipinski definition) is 1. The van der Waals surface area contributed by atoms with Crippen LogP contribution in [0.25, 0.3) is 0 Å². The Morgan fingerprint density at radius 3 is 2.07 bits per heavy atom. The highest BCUT2D eigenvalue weighted by molar-refractivity contribution is 7.95. The molecule has 0 saturated carbocycles. The Kier molecular flexibility index (Phi) is 4.02. The van der Waals surface area contributed by atoms with Gasteiger partial charge in [-0.1, -0.05) is 53.0 Å². The molecule has 14 heavy (non-hydrogen) atoms. The molecule has 1 rings (SSSR count). The van der Waals surface area contributed by atoms with Crippen LogP contribution in [0, 0.1) is 0 Å². The number of anilines is 1. The molecule has 0 amide bonds. The molecule has 0 aliphatic rings. The van der Waals surface area contributed by atoms with E-state index >= 15 is 0 Å². The van der Waals surface area contributed by atoms with E-state index in [2.05, 4.69) is 5.09 Å². The Labute approximate surface area is 102 Å². The Morgan fingerprint density at radius 1 is 1.14 bits per heavy atom. The van der Waals surface area contributed by atoms with Gasteiger partial charge in [-0.3, -0.25) is 4.57 Å². The van der Waals surface area contributed by atoms with E-state index in [0.29, 0.717) is 5.69 Å². The first kappa shape index (κ1) is 12.5. The molecule has 0 heterocycles.